The zero-order valence-electron chi connectivity index (χ0n) is 8.80. The summed E-state index contributed by atoms with van der Waals surface area (Å²) in [4.78, 5) is 4.24. The van der Waals surface area contributed by atoms with Crippen LogP contribution in [0.4, 0.5) is 0 Å². The molecule has 4 nitrogen and oxygen atoms in total. The monoisotopic (exact) mass is 205 g/mol. The van der Waals surface area contributed by atoms with Crippen molar-refractivity contribution in [2.75, 3.05) is 0 Å². The molecular formula is C11H15N3O. The van der Waals surface area contributed by atoms with Crippen molar-refractivity contribution in [2.45, 2.75) is 32.2 Å². The van der Waals surface area contributed by atoms with E-state index < -0.39 is 0 Å². The van der Waals surface area contributed by atoms with E-state index in [4.69, 9.17) is 5.21 Å². The standard InChI is InChI=1S/C11H15N3O/c1-7-12-4-5-14(7)11-9-3-2-8(6-9)10(11)13-15/h4-5,8-9,11,15H,2-3,6H2,1H3/b13-10+. The van der Waals surface area contributed by atoms with Gasteiger partial charge in [0.15, 0.2) is 0 Å². The Kier molecular flexibility index (Phi) is 1.84. The first-order valence-electron chi connectivity index (χ1n) is 5.52. The fourth-order valence-corrected chi connectivity index (χ4v) is 3.25. The molecule has 0 aliphatic heterocycles. The second-order valence-corrected chi connectivity index (χ2v) is 4.62. The Labute approximate surface area is 88.6 Å². The zero-order valence-corrected chi connectivity index (χ0v) is 8.80. The summed E-state index contributed by atoms with van der Waals surface area (Å²) in [6, 6.07) is 0.260. The first kappa shape index (κ1) is 8.95. The molecule has 1 N–H and O–H groups in total. The van der Waals surface area contributed by atoms with Crippen LogP contribution in [0, 0.1) is 18.8 Å². The van der Waals surface area contributed by atoms with Crippen molar-refractivity contribution in [1.82, 2.24) is 9.55 Å². The fraction of sp³-hybridized carbons (Fsp3) is 0.636. The largest absolute Gasteiger partial charge is 0.411 e. The van der Waals surface area contributed by atoms with Crippen LogP contribution < -0.4 is 0 Å². The molecule has 2 bridgehead atoms. The number of imidazole rings is 1. The maximum absolute atomic E-state index is 9.10. The Balaban J connectivity index is 2.03. The van der Waals surface area contributed by atoms with Gasteiger partial charge in [0.2, 0.25) is 0 Å². The Morgan fingerprint density at radius 1 is 1.53 bits per heavy atom. The average molecular weight is 205 g/mol. The number of aryl methyl sites for hydroxylation is 1. The number of nitrogens with zero attached hydrogens (tertiary/aromatic N) is 3. The quantitative estimate of drug-likeness (QED) is 0.563. The minimum Gasteiger partial charge on any atom is -0.411 e. The third-order valence-corrected chi connectivity index (χ3v) is 3.92. The molecule has 1 heterocycles. The van der Waals surface area contributed by atoms with Gasteiger partial charge in [-0.05, 0) is 32.1 Å². The maximum atomic E-state index is 9.10. The summed E-state index contributed by atoms with van der Waals surface area (Å²) >= 11 is 0. The predicted octanol–water partition coefficient (Wildman–Crippen LogP) is 1.99. The van der Waals surface area contributed by atoms with E-state index in [1.165, 1.54) is 19.3 Å². The summed E-state index contributed by atoms with van der Waals surface area (Å²) in [6.07, 6.45) is 7.43. The molecule has 0 aromatic carbocycles. The van der Waals surface area contributed by atoms with Crippen LogP contribution >= 0.6 is 0 Å². The lowest BCUT2D eigenvalue weighted by Crippen LogP contribution is -2.26. The molecule has 0 radical (unpaired) electrons. The first-order valence-corrected chi connectivity index (χ1v) is 5.52. The van der Waals surface area contributed by atoms with Gasteiger partial charge >= 0.3 is 0 Å². The molecule has 80 valence electrons. The van der Waals surface area contributed by atoms with Gasteiger partial charge in [-0.15, -0.1) is 0 Å². The zero-order chi connectivity index (χ0) is 10.4. The topological polar surface area (TPSA) is 50.4 Å². The van der Waals surface area contributed by atoms with E-state index in [2.05, 4.69) is 14.7 Å². The van der Waals surface area contributed by atoms with Crippen molar-refractivity contribution in [2.24, 2.45) is 17.0 Å². The number of hydrogen-bond donors (Lipinski definition) is 1. The molecule has 0 saturated heterocycles. The molecule has 2 fully saturated rings. The van der Waals surface area contributed by atoms with Gasteiger partial charge < -0.3 is 9.77 Å². The molecule has 15 heavy (non-hydrogen) atoms. The van der Waals surface area contributed by atoms with Crippen LogP contribution in [0.2, 0.25) is 0 Å². The number of aromatic nitrogens is 2. The van der Waals surface area contributed by atoms with Crippen molar-refractivity contribution >= 4 is 5.71 Å². The van der Waals surface area contributed by atoms with Crippen LogP contribution in [0.1, 0.15) is 31.1 Å². The lowest BCUT2D eigenvalue weighted by molar-refractivity contribution is 0.306. The Morgan fingerprint density at radius 3 is 3.07 bits per heavy atom. The molecule has 0 spiro atoms. The Morgan fingerprint density at radius 2 is 2.40 bits per heavy atom. The minimum absolute atomic E-state index is 0.260. The van der Waals surface area contributed by atoms with E-state index in [1.807, 2.05) is 19.3 Å². The molecule has 3 rings (SSSR count). The summed E-state index contributed by atoms with van der Waals surface area (Å²) in [5, 5.41) is 12.6. The normalized spacial score (nSPS) is 36.6. The summed E-state index contributed by atoms with van der Waals surface area (Å²) in [5.74, 6) is 2.16. The van der Waals surface area contributed by atoms with E-state index >= 15 is 0 Å². The molecule has 0 amide bonds. The van der Waals surface area contributed by atoms with E-state index in [1.54, 1.807) is 0 Å². The molecule has 1 aromatic rings. The SMILES string of the molecule is Cc1nccn1C1/C(=N/O)C2CCC1C2. The van der Waals surface area contributed by atoms with Crippen LogP contribution in [0.15, 0.2) is 17.5 Å². The highest BCUT2D eigenvalue weighted by Gasteiger charge is 2.46. The summed E-state index contributed by atoms with van der Waals surface area (Å²) in [6.45, 7) is 2.00. The van der Waals surface area contributed by atoms with Crippen molar-refractivity contribution in [3.63, 3.8) is 0 Å². The Bertz CT molecular complexity index is 410. The molecule has 2 aliphatic rings. The number of hydrogen-bond acceptors (Lipinski definition) is 3. The summed E-state index contributed by atoms with van der Waals surface area (Å²) < 4.78 is 2.15. The van der Waals surface area contributed by atoms with Gasteiger partial charge in [-0.1, -0.05) is 5.16 Å². The molecular weight excluding hydrogens is 190 g/mol. The molecule has 4 heteroatoms. The van der Waals surface area contributed by atoms with Crippen LogP contribution in [-0.2, 0) is 0 Å². The van der Waals surface area contributed by atoms with Crippen LogP contribution in [0.5, 0.6) is 0 Å². The Hall–Kier alpha value is -1.32. The van der Waals surface area contributed by atoms with E-state index in [0.29, 0.717) is 11.8 Å². The summed E-state index contributed by atoms with van der Waals surface area (Å²) in [5.41, 5.74) is 0.965. The molecule has 2 aliphatic carbocycles. The van der Waals surface area contributed by atoms with Crippen molar-refractivity contribution in [3.05, 3.63) is 18.2 Å². The van der Waals surface area contributed by atoms with Gasteiger partial charge in [0.25, 0.3) is 0 Å². The molecule has 3 atom stereocenters. The molecule has 3 unspecified atom stereocenters. The number of fused-ring (bicyclic) bond motifs is 2. The highest BCUT2D eigenvalue weighted by atomic mass is 16.4. The second kappa shape index (κ2) is 3.08. The lowest BCUT2D eigenvalue weighted by atomic mass is 9.93. The summed E-state index contributed by atoms with van der Waals surface area (Å²) in [7, 11) is 0. The number of rotatable bonds is 1. The van der Waals surface area contributed by atoms with Crippen LogP contribution in [-0.4, -0.2) is 20.5 Å². The highest BCUT2D eigenvalue weighted by molar-refractivity contribution is 5.93. The van der Waals surface area contributed by atoms with Gasteiger partial charge in [0.1, 0.15) is 5.82 Å². The first-order chi connectivity index (χ1) is 7.31. The van der Waals surface area contributed by atoms with Gasteiger partial charge in [0, 0.05) is 18.3 Å². The second-order valence-electron chi connectivity index (χ2n) is 4.62. The van der Waals surface area contributed by atoms with Gasteiger partial charge in [-0.3, -0.25) is 0 Å². The van der Waals surface area contributed by atoms with E-state index in [9.17, 15) is 0 Å². The van der Waals surface area contributed by atoms with Crippen molar-refractivity contribution in [3.8, 4) is 0 Å². The maximum Gasteiger partial charge on any atom is 0.106 e. The van der Waals surface area contributed by atoms with Gasteiger partial charge in [-0.2, -0.15) is 0 Å². The molecule has 2 saturated carbocycles. The van der Waals surface area contributed by atoms with Crippen molar-refractivity contribution < 1.29 is 5.21 Å². The van der Waals surface area contributed by atoms with Gasteiger partial charge in [-0.25, -0.2) is 4.98 Å². The molecule has 1 aromatic heterocycles. The smallest absolute Gasteiger partial charge is 0.106 e. The number of oxime groups is 1. The third-order valence-electron chi connectivity index (χ3n) is 3.92. The van der Waals surface area contributed by atoms with Crippen molar-refractivity contribution in [1.29, 1.82) is 0 Å². The highest BCUT2D eigenvalue weighted by Crippen LogP contribution is 2.49. The average Bonchev–Trinajstić information content (AvgIpc) is 2.90. The minimum atomic E-state index is 0.260. The van der Waals surface area contributed by atoms with Crippen LogP contribution in [0.25, 0.3) is 0 Å². The fourth-order valence-electron chi connectivity index (χ4n) is 3.25. The van der Waals surface area contributed by atoms with E-state index in [0.717, 1.165) is 11.5 Å². The predicted molar refractivity (Wildman–Crippen MR) is 56.1 cm³/mol. The van der Waals surface area contributed by atoms with Gasteiger partial charge in [0.05, 0.1) is 11.8 Å². The lowest BCUT2D eigenvalue weighted by Gasteiger charge is -2.24. The van der Waals surface area contributed by atoms with E-state index in [-0.39, 0.29) is 6.04 Å². The van der Waals surface area contributed by atoms with Crippen LogP contribution in [0.3, 0.4) is 0 Å². The third kappa shape index (κ3) is 1.14.